The molecular formula is C22H19F2N3O3. The lowest BCUT2D eigenvalue weighted by Crippen LogP contribution is -2.14. The van der Waals surface area contributed by atoms with Crippen LogP contribution in [0.15, 0.2) is 70.8 Å². The number of rotatable bonds is 8. The maximum Gasteiger partial charge on any atom is 0.293 e. The first-order valence-corrected chi connectivity index (χ1v) is 9.02. The molecule has 30 heavy (non-hydrogen) atoms. The fourth-order valence-corrected chi connectivity index (χ4v) is 2.72. The molecule has 0 aliphatic carbocycles. The van der Waals surface area contributed by atoms with Gasteiger partial charge in [0.25, 0.3) is 12.3 Å². The van der Waals surface area contributed by atoms with Gasteiger partial charge in [0, 0.05) is 18.2 Å². The van der Waals surface area contributed by atoms with E-state index in [1.807, 2.05) is 36.4 Å². The summed E-state index contributed by atoms with van der Waals surface area (Å²) in [6, 6.07) is 14.4. The molecule has 3 rings (SSSR count). The van der Waals surface area contributed by atoms with E-state index >= 15 is 0 Å². The first kappa shape index (κ1) is 20.9. The van der Waals surface area contributed by atoms with Crippen molar-refractivity contribution in [1.82, 2.24) is 4.98 Å². The number of para-hydroxylation sites is 1. The molecule has 0 aliphatic heterocycles. The summed E-state index contributed by atoms with van der Waals surface area (Å²) in [6.45, 7) is 5.26. The van der Waals surface area contributed by atoms with Gasteiger partial charge in [-0.1, -0.05) is 60.3 Å². The first-order valence-electron chi connectivity index (χ1n) is 9.02. The summed E-state index contributed by atoms with van der Waals surface area (Å²) in [5, 5.41) is 6.45. The molecule has 6 nitrogen and oxygen atoms in total. The molecule has 0 aliphatic rings. The monoisotopic (exact) mass is 411 g/mol. The van der Waals surface area contributed by atoms with Gasteiger partial charge in [-0.05, 0) is 17.2 Å². The second-order valence-corrected chi connectivity index (χ2v) is 6.19. The van der Waals surface area contributed by atoms with Crippen LogP contribution in [0.25, 0.3) is 11.1 Å². The van der Waals surface area contributed by atoms with Crippen molar-refractivity contribution in [2.24, 2.45) is 5.16 Å². The molecule has 0 spiro atoms. The number of anilines is 1. The summed E-state index contributed by atoms with van der Waals surface area (Å²) in [5.74, 6) is -1.29. The van der Waals surface area contributed by atoms with Crippen LogP contribution in [0.1, 0.15) is 34.1 Å². The Morgan fingerprint density at radius 2 is 2.00 bits per heavy atom. The number of hydrogen-bond donors (Lipinski definition) is 1. The Balaban J connectivity index is 1.82. The summed E-state index contributed by atoms with van der Waals surface area (Å²) in [4.78, 5) is 21.1. The van der Waals surface area contributed by atoms with Crippen LogP contribution in [0, 0.1) is 6.92 Å². The van der Waals surface area contributed by atoms with Crippen LogP contribution in [0.3, 0.4) is 0 Å². The highest BCUT2D eigenvalue weighted by Gasteiger charge is 2.26. The minimum absolute atomic E-state index is 0.00180. The van der Waals surface area contributed by atoms with E-state index in [9.17, 15) is 13.6 Å². The van der Waals surface area contributed by atoms with E-state index < -0.39 is 23.8 Å². The van der Waals surface area contributed by atoms with Crippen molar-refractivity contribution in [3.8, 4) is 11.1 Å². The highest BCUT2D eigenvalue weighted by atomic mass is 19.3. The van der Waals surface area contributed by atoms with Gasteiger partial charge in [-0.3, -0.25) is 4.79 Å². The Hall–Kier alpha value is -3.81. The summed E-state index contributed by atoms with van der Waals surface area (Å²) in [7, 11) is 0. The molecule has 1 amide bonds. The largest absolute Gasteiger partial charge is 0.435 e. The molecule has 0 atom stereocenters. The van der Waals surface area contributed by atoms with Gasteiger partial charge in [-0.15, -0.1) is 0 Å². The number of carbonyl (C=O) groups excluding carboxylic acids is 1. The van der Waals surface area contributed by atoms with Crippen LogP contribution in [0.4, 0.5) is 14.5 Å². The molecule has 0 fully saturated rings. The van der Waals surface area contributed by atoms with E-state index in [1.54, 1.807) is 24.4 Å². The number of carbonyl (C=O) groups is 1. The SMILES string of the molecule is C=CCO/N=C/c1ccc(-c2ccccc2NC(=O)c2oc(C)nc2C(F)F)cc1. The van der Waals surface area contributed by atoms with E-state index in [1.165, 1.54) is 6.92 Å². The van der Waals surface area contributed by atoms with Gasteiger partial charge in [-0.25, -0.2) is 13.8 Å². The lowest BCUT2D eigenvalue weighted by Gasteiger charge is -2.11. The number of benzene rings is 2. The number of aromatic nitrogens is 1. The van der Waals surface area contributed by atoms with Gasteiger partial charge >= 0.3 is 0 Å². The third-order valence-corrected chi connectivity index (χ3v) is 4.04. The van der Waals surface area contributed by atoms with E-state index in [0.717, 1.165) is 11.1 Å². The van der Waals surface area contributed by atoms with E-state index in [-0.39, 0.29) is 5.89 Å². The highest BCUT2D eigenvalue weighted by molar-refractivity contribution is 6.05. The predicted octanol–water partition coefficient (Wildman–Crippen LogP) is 5.38. The van der Waals surface area contributed by atoms with E-state index in [0.29, 0.717) is 17.9 Å². The molecule has 154 valence electrons. The van der Waals surface area contributed by atoms with Gasteiger partial charge in [0.15, 0.2) is 11.6 Å². The predicted molar refractivity (Wildman–Crippen MR) is 110 cm³/mol. The smallest absolute Gasteiger partial charge is 0.293 e. The standard InChI is InChI=1S/C22H19F2N3O3/c1-3-12-29-25-13-15-8-10-16(11-9-15)17-6-4-5-7-18(17)27-22(28)20-19(21(23)24)26-14(2)30-20/h3-11,13,21H,1,12H2,2H3,(H,27,28)/b25-13+. The van der Waals surface area contributed by atoms with Crippen molar-refractivity contribution in [2.75, 3.05) is 11.9 Å². The second kappa shape index (κ2) is 9.60. The zero-order valence-electron chi connectivity index (χ0n) is 16.1. The van der Waals surface area contributed by atoms with Crippen LogP contribution in [0.2, 0.25) is 0 Å². The number of oxazole rings is 1. The lowest BCUT2D eigenvalue weighted by molar-refractivity contribution is 0.0975. The van der Waals surface area contributed by atoms with E-state index in [4.69, 9.17) is 9.25 Å². The van der Waals surface area contributed by atoms with Gasteiger partial charge in [0.2, 0.25) is 5.76 Å². The van der Waals surface area contributed by atoms with Gasteiger partial charge in [0.05, 0.1) is 6.21 Å². The van der Waals surface area contributed by atoms with Crippen LogP contribution < -0.4 is 5.32 Å². The third kappa shape index (κ3) is 4.96. The minimum Gasteiger partial charge on any atom is -0.435 e. The molecule has 3 aromatic rings. The number of aryl methyl sites for hydroxylation is 1. The molecule has 1 aromatic heterocycles. The van der Waals surface area contributed by atoms with Crippen molar-refractivity contribution in [1.29, 1.82) is 0 Å². The molecule has 1 heterocycles. The summed E-state index contributed by atoms with van der Waals surface area (Å²) < 4.78 is 31.3. The van der Waals surface area contributed by atoms with Crippen LogP contribution >= 0.6 is 0 Å². The molecular weight excluding hydrogens is 392 g/mol. The highest BCUT2D eigenvalue weighted by Crippen LogP contribution is 2.29. The average molecular weight is 411 g/mol. The quantitative estimate of drug-likeness (QED) is 0.234. The number of oxime groups is 1. The number of nitrogens with one attached hydrogen (secondary N) is 1. The Morgan fingerprint density at radius 1 is 1.27 bits per heavy atom. The molecule has 0 unspecified atom stereocenters. The zero-order chi connectivity index (χ0) is 21.5. The first-order chi connectivity index (χ1) is 14.5. The Labute approximate surface area is 171 Å². The van der Waals surface area contributed by atoms with Gasteiger partial charge < -0.3 is 14.6 Å². The topological polar surface area (TPSA) is 76.7 Å². The van der Waals surface area contributed by atoms with Crippen LogP contribution in [-0.2, 0) is 4.84 Å². The lowest BCUT2D eigenvalue weighted by atomic mass is 10.0. The number of alkyl halides is 2. The summed E-state index contributed by atoms with van der Waals surface area (Å²) >= 11 is 0. The summed E-state index contributed by atoms with van der Waals surface area (Å²) in [5.41, 5.74) is 2.13. The molecule has 0 bridgehead atoms. The average Bonchev–Trinajstić information content (AvgIpc) is 3.14. The molecule has 2 aromatic carbocycles. The minimum atomic E-state index is -2.91. The van der Waals surface area contributed by atoms with Crippen LogP contribution in [0.5, 0.6) is 0 Å². The zero-order valence-corrected chi connectivity index (χ0v) is 16.1. The van der Waals surface area contributed by atoms with Crippen molar-refractivity contribution < 1.29 is 22.8 Å². The number of hydrogen-bond acceptors (Lipinski definition) is 5. The van der Waals surface area contributed by atoms with Gasteiger partial charge in [0.1, 0.15) is 6.61 Å². The van der Waals surface area contributed by atoms with Crippen molar-refractivity contribution in [3.63, 3.8) is 0 Å². The van der Waals surface area contributed by atoms with Gasteiger partial charge in [-0.2, -0.15) is 0 Å². The van der Waals surface area contributed by atoms with E-state index in [2.05, 4.69) is 22.0 Å². The molecule has 0 saturated heterocycles. The Bertz CT molecular complexity index is 1060. The van der Waals surface area contributed by atoms with Crippen molar-refractivity contribution >= 4 is 17.8 Å². The normalized spacial score (nSPS) is 11.1. The molecule has 0 radical (unpaired) electrons. The maximum atomic E-state index is 13.1. The molecule has 8 heteroatoms. The Morgan fingerprint density at radius 3 is 2.70 bits per heavy atom. The fourth-order valence-electron chi connectivity index (χ4n) is 2.72. The second-order valence-electron chi connectivity index (χ2n) is 6.19. The number of amides is 1. The maximum absolute atomic E-state index is 13.1. The Kier molecular flexibility index (Phi) is 6.69. The molecule has 0 saturated carbocycles. The fraction of sp³-hybridized carbons (Fsp3) is 0.136. The molecule has 1 N–H and O–H groups in total. The van der Waals surface area contributed by atoms with Crippen molar-refractivity contribution in [3.05, 3.63) is 84.1 Å². The number of halogens is 2. The van der Waals surface area contributed by atoms with Crippen LogP contribution in [-0.4, -0.2) is 23.7 Å². The number of nitrogens with zero attached hydrogens (tertiary/aromatic N) is 2. The summed E-state index contributed by atoms with van der Waals surface area (Å²) in [6.07, 6.45) is 0.248. The third-order valence-electron chi connectivity index (χ3n) is 4.04. The van der Waals surface area contributed by atoms with Crippen molar-refractivity contribution in [2.45, 2.75) is 13.3 Å².